The second kappa shape index (κ2) is 8.11. The third kappa shape index (κ3) is 4.55. The van der Waals surface area contributed by atoms with E-state index in [1.54, 1.807) is 0 Å². The molecule has 0 aliphatic heterocycles. The molecule has 1 rings (SSSR count). The molecule has 23 heavy (non-hydrogen) atoms. The van der Waals surface area contributed by atoms with Crippen molar-refractivity contribution in [1.29, 1.82) is 0 Å². The van der Waals surface area contributed by atoms with E-state index >= 15 is 0 Å². The monoisotopic (exact) mass is 358 g/mol. The first kappa shape index (κ1) is 19.2. The van der Waals surface area contributed by atoms with Gasteiger partial charge in [-0.3, -0.25) is 10.1 Å². The maximum Gasteiger partial charge on any atom is 0.329 e. The fourth-order valence-corrected chi connectivity index (χ4v) is 1.65. The number of carbonyl (C=O) groups excluding carboxylic acids is 2. The van der Waals surface area contributed by atoms with Gasteiger partial charge in [0.25, 0.3) is 0 Å². The molecule has 0 fully saturated rings. The number of hydrogen-bond acceptors (Lipinski definition) is 5. The molecule has 0 aromatic heterocycles. The Balaban J connectivity index is 2.93. The molecule has 1 atom stereocenters. The number of thiol groups is 1. The van der Waals surface area contributed by atoms with Gasteiger partial charge in [-0.2, -0.15) is 21.4 Å². The molecular weight excluding hydrogens is 347 g/mol. The fraction of sp³-hybridized carbons (Fsp3) is 0.333. The molecule has 1 amide bonds. The molecule has 2 N–H and O–H groups in total. The van der Waals surface area contributed by atoms with E-state index in [0.717, 1.165) is 0 Å². The first-order chi connectivity index (χ1) is 10.7. The van der Waals surface area contributed by atoms with Gasteiger partial charge in [-0.1, -0.05) is 0 Å². The summed E-state index contributed by atoms with van der Waals surface area (Å²) in [6.07, 6.45) is 0. The zero-order chi connectivity index (χ0) is 17.7. The minimum absolute atomic E-state index is 0.202. The number of hydrogen-bond donors (Lipinski definition) is 3. The van der Waals surface area contributed by atoms with Gasteiger partial charge < -0.3 is 10.1 Å². The number of rotatable bonds is 6. The van der Waals surface area contributed by atoms with Gasteiger partial charge in [0.15, 0.2) is 0 Å². The van der Waals surface area contributed by atoms with Crippen LogP contribution in [0.4, 0.5) is 22.0 Å². The van der Waals surface area contributed by atoms with Crippen LogP contribution in [0.2, 0.25) is 0 Å². The zero-order valence-electron chi connectivity index (χ0n) is 11.6. The molecule has 0 aliphatic rings. The number of benzene rings is 1. The third-order valence-corrected chi connectivity index (χ3v) is 2.89. The van der Waals surface area contributed by atoms with Crippen molar-refractivity contribution in [3.63, 3.8) is 0 Å². The summed E-state index contributed by atoms with van der Waals surface area (Å²) in [5.74, 6) is -15.1. The van der Waals surface area contributed by atoms with Gasteiger partial charge in [-0.15, -0.1) is 0 Å². The molecule has 0 bridgehead atoms. The van der Waals surface area contributed by atoms with Gasteiger partial charge in [0.2, 0.25) is 40.7 Å². The summed E-state index contributed by atoms with van der Waals surface area (Å²) in [6, 6.07) is -1.26. The Labute approximate surface area is 132 Å². The lowest BCUT2D eigenvalue weighted by Gasteiger charge is -2.16. The summed E-state index contributed by atoms with van der Waals surface area (Å²) in [6.45, 7) is 0.997. The van der Waals surface area contributed by atoms with Crippen LogP contribution in [0.15, 0.2) is 0 Å². The predicted molar refractivity (Wildman–Crippen MR) is 71.3 cm³/mol. The predicted octanol–water partition coefficient (Wildman–Crippen LogP) is 1.27. The van der Waals surface area contributed by atoms with Crippen molar-refractivity contribution in [2.45, 2.75) is 13.0 Å². The minimum Gasteiger partial charge on any atom is -0.419 e. The quantitative estimate of drug-likeness (QED) is 0.136. The maximum absolute atomic E-state index is 13.4. The van der Waals surface area contributed by atoms with Crippen molar-refractivity contribution in [3.8, 4) is 5.75 Å². The molecule has 0 saturated carbocycles. The van der Waals surface area contributed by atoms with Crippen LogP contribution >= 0.6 is 12.6 Å². The van der Waals surface area contributed by atoms with Gasteiger partial charge in [-0.05, 0) is 0 Å². The van der Waals surface area contributed by atoms with E-state index in [0.29, 0.717) is 0 Å². The van der Waals surface area contributed by atoms with Gasteiger partial charge >= 0.3 is 5.97 Å². The second-order valence-corrected chi connectivity index (χ2v) is 4.53. The van der Waals surface area contributed by atoms with Gasteiger partial charge in [0, 0.05) is 12.7 Å². The fourth-order valence-electron chi connectivity index (χ4n) is 1.37. The molecule has 1 aromatic carbocycles. The summed E-state index contributed by atoms with van der Waals surface area (Å²) in [5, 5.41) is 4.68. The van der Waals surface area contributed by atoms with Gasteiger partial charge in [0.05, 0.1) is 6.67 Å². The Kier molecular flexibility index (Phi) is 6.76. The maximum atomic E-state index is 13.4. The average Bonchev–Trinajstić information content (AvgIpc) is 2.51. The van der Waals surface area contributed by atoms with Crippen molar-refractivity contribution in [1.82, 2.24) is 10.6 Å². The molecule has 11 heteroatoms. The lowest BCUT2D eigenvalue weighted by molar-refractivity contribution is -0.136. The lowest BCUT2D eigenvalue weighted by atomic mass is 10.2. The number of ether oxygens (including phenoxy) is 1. The standard InChI is InChI=1S/C12H11F5N2O3S/c1-4(20)18-3-19-5(2-23)12(21)22-11-9(16)7(14)6(13)8(15)10(11)17/h5,19,23H,2-3H2,1H3,(H,18,20)/t5-/m0/s1. The van der Waals surface area contributed by atoms with E-state index in [1.807, 2.05) is 0 Å². The second-order valence-electron chi connectivity index (χ2n) is 4.17. The summed E-state index contributed by atoms with van der Waals surface area (Å²) < 4.78 is 69.9. The molecule has 0 aliphatic carbocycles. The van der Waals surface area contributed by atoms with Crippen LogP contribution in [0.1, 0.15) is 6.92 Å². The normalized spacial score (nSPS) is 12.0. The highest BCUT2D eigenvalue weighted by Crippen LogP contribution is 2.29. The van der Waals surface area contributed by atoms with Gasteiger partial charge in [-0.25, -0.2) is 18.0 Å². The molecular formula is C12H11F5N2O3S. The Hall–Kier alpha value is -1.88. The van der Waals surface area contributed by atoms with Crippen molar-refractivity contribution in [2.24, 2.45) is 0 Å². The van der Waals surface area contributed by atoms with E-state index in [2.05, 4.69) is 28.0 Å². The SMILES string of the molecule is CC(=O)NCN[C@@H](CS)C(=O)Oc1c(F)c(F)c(F)c(F)c1F. The largest absolute Gasteiger partial charge is 0.419 e. The van der Waals surface area contributed by atoms with E-state index in [-0.39, 0.29) is 12.4 Å². The average molecular weight is 358 g/mol. The molecule has 0 heterocycles. The summed E-state index contributed by atoms with van der Waals surface area (Å²) in [4.78, 5) is 22.4. The highest BCUT2D eigenvalue weighted by molar-refractivity contribution is 7.80. The van der Waals surface area contributed by atoms with Crippen LogP contribution in [0, 0.1) is 29.1 Å². The summed E-state index contributed by atoms with van der Waals surface area (Å²) in [7, 11) is 0. The van der Waals surface area contributed by atoms with Crippen molar-refractivity contribution in [3.05, 3.63) is 29.1 Å². The van der Waals surface area contributed by atoms with Crippen LogP contribution in [0.3, 0.4) is 0 Å². The first-order valence-electron chi connectivity index (χ1n) is 6.02. The molecule has 0 radical (unpaired) electrons. The molecule has 0 spiro atoms. The van der Waals surface area contributed by atoms with Gasteiger partial charge in [0.1, 0.15) is 6.04 Å². The molecule has 128 valence electrons. The topological polar surface area (TPSA) is 67.4 Å². The zero-order valence-corrected chi connectivity index (χ0v) is 12.4. The number of amides is 1. The molecule has 1 aromatic rings. The van der Waals surface area contributed by atoms with Crippen molar-refractivity contribution >= 4 is 24.5 Å². The smallest absolute Gasteiger partial charge is 0.329 e. The number of nitrogens with one attached hydrogen (secondary N) is 2. The highest BCUT2D eigenvalue weighted by Gasteiger charge is 2.30. The Morgan fingerprint density at radius 1 is 1.04 bits per heavy atom. The van der Waals surface area contributed by atoms with Crippen LogP contribution in [-0.4, -0.2) is 30.3 Å². The number of carbonyl (C=O) groups is 2. The van der Waals surface area contributed by atoms with Crippen LogP contribution in [0.5, 0.6) is 5.75 Å². The van der Waals surface area contributed by atoms with Crippen molar-refractivity contribution in [2.75, 3.05) is 12.4 Å². The molecule has 5 nitrogen and oxygen atoms in total. The molecule has 0 saturated heterocycles. The van der Waals surface area contributed by atoms with Crippen LogP contribution in [0.25, 0.3) is 0 Å². The summed E-state index contributed by atoms with van der Waals surface area (Å²) >= 11 is 3.78. The summed E-state index contributed by atoms with van der Waals surface area (Å²) in [5.41, 5.74) is 0. The highest BCUT2D eigenvalue weighted by atomic mass is 32.1. The lowest BCUT2D eigenvalue weighted by Crippen LogP contribution is -2.46. The minimum atomic E-state index is -2.37. The molecule has 0 unspecified atom stereocenters. The van der Waals surface area contributed by atoms with E-state index in [9.17, 15) is 31.5 Å². The van der Waals surface area contributed by atoms with E-state index in [1.165, 1.54) is 6.92 Å². The Bertz CT molecular complexity index is 600. The number of esters is 1. The van der Waals surface area contributed by atoms with Crippen molar-refractivity contribution < 1.29 is 36.3 Å². The van der Waals surface area contributed by atoms with Crippen LogP contribution in [-0.2, 0) is 9.59 Å². The van der Waals surface area contributed by atoms with E-state index in [4.69, 9.17) is 0 Å². The third-order valence-electron chi connectivity index (χ3n) is 2.53. The van der Waals surface area contributed by atoms with Crippen LogP contribution < -0.4 is 15.4 Å². The van der Waals surface area contributed by atoms with E-state index < -0.39 is 52.8 Å². The number of halogens is 5. The first-order valence-corrected chi connectivity index (χ1v) is 6.65. The Morgan fingerprint density at radius 2 is 1.52 bits per heavy atom. The Morgan fingerprint density at radius 3 is 1.96 bits per heavy atom.